The molecule has 0 spiro atoms. The Bertz CT molecular complexity index is 539. The Hall–Kier alpha value is -0.970. The molecule has 108 valence electrons. The largest absolute Gasteiger partial charge is 0.465 e. The minimum atomic E-state index is -0.761. The van der Waals surface area contributed by atoms with Gasteiger partial charge in [0, 0.05) is 12.2 Å². The molecule has 0 amide bonds. The molecular weight excluding hydrogens is 325 g/mol. The van der Waals surface area contributed by atoms with Gasteiger partial charge in [0.1, 0.15) is 5.92 Å². The number of halogens is 3. The summed E-state index contributed by atoms with van der Waals surface area (Å²) in [6.07, 6.45) is 0. The number of hydrogen-bond donors (Lipinski definition) is 0. The summed E-state index contributed by atoms with van der Waals surface area (Å²) in [4.78, 5) is 25.3. The molecule has 4 nitrogen and oxygen atoms in total. The molecule has 0 N–H and O–H groups in total. The molecule has 2 rings (SSSR count). The molecule has 1 aliphatic rings. The van der Waals surface area contributed by atoms with Crippen LogP contribution in [-0.2, 0) is 14.3 Å². The minimum Gasteiger partial charge on any atom is -0.465 e. The van der Waals surface area contributed by atoms with E-state index < -0.39 is 11.9 Å². The maximum Gasteiger partial charge on any atom is 0.318 e. The molecule has 0 saturated carbocycles. The number of ether oxygens (including phenoxy) is 1. The topological polar surface area (TPSA) is 46.6 Å². The summed E-state index contributed by atoms with van der Waals surface area (Å²) in [5.74, 6) is -1.43. The second-order valence-electron chi connectivity index (χ2n) is 4.37. The summed E-state index contributed by atoms with van der Waals surface area (Å²) in [5.41, 5.74) is 0.657. The highest BCUT2D eigenvalue weighted by atomic mass is 35.5. The molecule has 7 heteroatoms. The van der Waals surface area contributed by atoms with E-state index in [0.29, 0.717) is 15.7 Å². The summed E-state index contributed by atoms with van der Waals surface area (Å²) in [7, 11) is 0. The predicted octanol–water partition coefficient (Wildman–Crippen LogP) is 3.22. The SMILES string of the molecule is CCOC(=O)C1CN(c2cc(Cl)c(Cl)c(Cl)c2)CC1=O. The average molecular weight is 337 g/mol. The number of nitrogens with zero attached hydrogens (tertiary/aromatic N) is 1. The van der Waals surface area contributed by atoms with Gasteiger partial charge in [0.05, 0.1) is 28.2 Å². The van der Waals surface area contributed by atoms with Crippen LogP contribution in [0, 0.1) is 5.92 Å². The molecule has 1 fully saturated rings. The number of esters is 1. The Morgan fingerprint density at radius 1 is 1.35 bits per heavy atom. The molecule has 1 atom stereocenters. The Balaban J connectivity index is 2.20. The van der Waals surface area contributed by atoms with Gasteiger partial charge in [0.15, 0.2) is 5.78 Å². The molecule has 1 unspecified atom stereocenters. The van der Waals surface area contributed by atoms with Crippen molar-refractivity contribution in [3.8, 4) is 0 Å². The molecule has 20 heavy (non-hydrogen) atoms. The van der Waals surface area contributed by atoms with Crippen molar-refractivity contribution in [2.45, 2.75) is 6.92 Å². The van der Waals surface area contributed by atoms with Crippen molar-refractivity contribution in [2.24, 2.45) is 5.92 Å². The quantitative estimate of drug-likeness (QED) is 0.483. The van der Waals surface area contributed by atoms with E-state index in [0.717, 1.165) is 0 Å². The van der Waals surface area contributed by atoms with E-state index in [-0.39, 0.29) is 30.5 Å². The first kappa shape index (κ1) is 15.4. The highest BCUT2D eigenvalue weighted by molar-refractivity contribution is 6.48. The lowest BCUT2D eigenvalue weighted by molar-refractivity contribution is -0.149. The van der Waals surface area contributed by atoms with Crippen LogP contribution in [0.15, 0.2) is 12.1 Å². The zero-order valence-corrected chi connectivity index (χ0v) is 12.9. The molecular formula is C13H12Cl3NO3. The molecule has 1 heterocycles. The maximum atomic E-state index is 11.9. The molecule has 1 aliphatic heterocycles. The Kier molecular flexibility index (Phi) is 4.78. The van der Waals surface area contributed by atoms with Crippen LogP contribution >= 0.6 is 34.8 Å². The van der Waals surface area contributed by atoms with Gasteiger partial charge in [-0.2, -0.15) is 0 Å². The van der Waals surface area contributed by atoms with Gasteiger partial charge in [-0.3, -0.25) is 9.59 Å². The third-order valence-electron chi connectivity index (χ3n) is 3.04. The monoisotopic (exact) mass is 335 g/mol. The predicted molar refractivity (Wildman–Crippen MR) is 78.8 cm³/mol. The zero-order valence-electron chi connectivity index (χ0n) is 10.7. The van der Waals surface area contributed by atoms with Crippen molar-refractivity contribution in [3.05, 3.63) is 27.2 Å². The highest BCUT2D eigenvalue weighted by Crippen LogP contribution is 2.35. The lowest BCUT2D eigenvalue weighted by Crippen LogP contribution is -2.25. The standard InChI is InChI=1S/C13H12Cl3NO3/c1-2-20-13(19)8-5-17(6-11(8)18)7-3-9(14)12(16)10(15)4-7/h3-4,8H,2,5-6H2,1H3. The van der Waals surface area contributed by atoms with Gasteiger partial charge >= 0.3 is 5.97 Å². The van der Waals surface area contributed by atoms with Gasteiger partial charge in [0.2, 0.25) is 0 Å². The number of Topliss-reactive ketones (excluding diaryl/α,β-unsaturated/α-hetero) is 1. The molecule has 1 aromatic carbocycles. The maximum absolute atomic E-state index is 11.9. The summed E-state index contributed by atoms with van der Waals surface area (Å²) in [6.45, 7) is 2.33. The number of benzene rings is 1. The first-order valence-corrected chi connectivity index (χ1v) is 7.16. The number of hydrogen-bond acceptors (Lipinski definition) is 4. The summed E-state index contributed by atoms with van der Waals surface area (Å²) >= 11 is 17.8. The van der Waals surface area contributed by atoms with Crippen LogP contribution in [0.3, 0.4) is 0 Å². The van der Waals surface area contributed by atoms with Crippen LogP contribution in [0.1, 0.15) is 6.92 Å². The normalized spacial score (nSPS) is 18.5. The number of rotatable bonds is 3. The van der Waals surface area contributed by atoms with E-state index in [1.165, 1.54) is 0 Å². The highest BCUT2D eigenvalue weighted by Gasteiger charge is 2.37. The van der Waals surface area contributed by atoms with Gasteiger partial charge in [-0.1, -0.05) is 34.8 Å². The number of anilines is 1. The fourth-order valence-electron chi connectivity index (χ4n) is 2.06. The molecule has 0 radical (unpaired) electrons. The van der Waals surface area contributed by atoms with Crippen LogP contribution in [0.5, 0.6) is 0 Å². The minimum absolute atomic E-state index is 0.123. The van der Waals surface area contributed by atoms with Crippen molar-refractivity contribution in [1.82, 2.24) is 0 Å². The van der Waals surface area contributed by atoms with E-state index in [9.17, 15) is 9.59 Å². The third kappa shape index (κ3) is 3.03. The molecule has 0 bridgehead atoms. The zero-order chi connectivity index (χ0) is 14.9. The van der Waals surface area contributed by atoms with Crippen molar-refractivity contribution in [3.63, 3.8) is 0 Å². The molecule has 1 aromatic rings. The molecule has 0 aliphatic carbocycles. The van der Waals surface area contributed by atoms with Crippen molar-refractivity contribution < 1.29 is 14.3 Å². The Morgan fingerprint density at radius 2 is 1.95 bits per heavy atom. The van der Waals surface area contributed by atoms with E-state index >= 15 is 0 Å². The third-order valence-corrected chi connectivity index (χ3v) is 4.24. The summed E-state index contributed by atoms with van der Waals surface area (Å²) < 4.78 is 4.89. The van der Waals surface area contributed by atoms with Crippen molar-refractivity contribution >= 4 is 52.2 Å². The number of carbonyl (C=O) groups is 2. The van der Waals surface area contributed by atoms with Crippen LogP contribution < -0.4 is 4.90 Å². The molecule has 0 aromatic heterocycles. The molecule has 1 saturated heterocycles. The summed E-state index contributed by atoms with van der Waals surface area (Å²) in [6, 6.07) is 3.24. The van der Waals surface area contributed by atoms with Gasteiger partial charge in [-0.05, 0) is 19.1 Å². The van der Waals surface area contributed by atoms with Crippen LogP contribution in [0.4, 0.5) is 5.69 Å². The first-order chi connectivity index (χ1) is 9.43. The van der Waals surface area contributed by atoms with Crippen molar-refractivity contribution in [2.75, 3.05) is 24.6 Å². The van der Waals surface area contributed by atoms with Crippen LogP contribution in [0.25, 0.3) is 0 Å². The lowest BCUT2D eigenvalue weighted by atomic mass is 10.1. The smallest absolute Gasteiger partial charge is 0.318 e. The van der Waals surface area contributed by atoms with Crippen LogP contribution in [-0.4, -0.2) is 31.4 Å². The first-order valence-electron chi connectivity index (χ1n) is 6.03. The van der Waals surface area contributed by atoms with Gasteiger partial charge < -0.3 is 9.64 Å². The second kappa shape index (κ2) is 6.20. The van der Waals surface area contributed by atoms with Crippen molar-refractivity contribution in [1.29, 1.82) is 0 Å². The van der Waals surface area contributed by atoms with Crippen LogP contribution in [0.2, 0.25) is 15.1 Å². The van der Waals surface area contributed by atoms with E-state index in [1.54, 1.807) is 24.0 Å². The fraction of sp³-hybridized carbons (Fsp3) is 0.385. The Morgan fingerprint density at radius 3 is 2.50 bits per heavy atom. The van der Waals surface area contributed by atoms with Gasteiger partial charge in [0.25, 0.3) is 0 Å². The number of ketones is 1. The van der Waals surface area contributed by atoms with Gasteiger partial charge in [-0.25, -0.2) is 0 Å². The van der Waals surface area contributed by atoms with E-state index in [4.69, 9.17) is 39.5 Å². The Labute approximate surface area is 131 Å². The van der Waals surface area contributed by atoms with E-state index in [2.05, 4.69) is 0 Å². The second-order valence-corrected chi connectivity index (χ2v) is 5.57. The van der Waals surface area contributed by atoms with Gasteiger partial charge in [-0.15, -0.1) is 0 Å². The lowest BCUT2D eigenvalue weighted by Gasteiger charge is -2.18. The van der Waals surface area contributed by atoms with E-state index in [1.807, 2.05) is 0 Å². The number of carbonyl (C=O) groups excluding carboxylic acids is 2. The summed E-state index contributed by atoms with van der Waals surface area (Å²) in [5, 5.41) is 0.881. The fourth-order valence-corrected chi connectivity index (χ4v) is 2.64. The average Bonchev–Trinajstić information content (AvgIpc) is 2.78.